The zero-order valence-electron chi connectivity index (χ0n) is 11.5. The molecule has 1 aromatic heterocycles. The fraction of sp³-hybridized carbons (Fsp3) is 0.571. The van der Waals surface area contributed by atoms with E-state index in [0.29, 0.717) is 32.0 Å². The maximum Gasteiger partial charge on any atom is 0.263 e. The van der Waals surface area contributed by atoms with Crippen LogP contribution in [-0.4, -0.2) is 47.8 Å². The summed E-state index contributed by atoms with van der Waals surface area (Å²) in [6.07, 6.45) is 0.434. The molecular weight excluding hydrogens is 260 g/mol. The third kappa shape index (κ3) is 3.56. The number of carbonyl (C=O) groups is 2. The molecule has 1 fully saturated rings. The molecular formula is C14H20N2O2S. The van der Waals surface area contributed by atoms with Gasteiger partial charge in [0.1, 0.15) is 0 Å². The first-order valence-corrected chi connectivity index (χ1v) is 7.56. The lowest BCUT2D eigenvalue weighted by molar-refractivity contribution is -0.130. The van der Waals surface area contributed by atoms with Crippen molar-refractivity contribution in [1.29, 1.82) is 0 Å². The first-order valence-electron chi connectivity index (χ1n) is 6.68. The normalized spacial score (nSPS) is 16.9. The number of carbonyl (C=O) groups excluding carboxylic acids is 2. The van der Waals surface area contributed by atoms with Crippen molar-refractivity contribution in [2.45, 2.75) is 20.3 Å². The second kappa shape index (κ2) is 6.19. The molecule has 2 rings (SSSR count). The Balaban J connectivity index is 1.99. The van der Waals surface area contributed by atoms with Crippen molar-refractivity contribution in [3.63, 3.8) is 0 Å². The van der Waals surface area contributed by atoms with Crippen LogP contribution >= 0.6 is 11.3 Å². The van der Waals surface area contributed by atoms with Crippen LogP contribution in [0.2, 0.25) is 0 Å². The maximum absolute atomic E-state index is 12.3. The fourth-order valence-electron chi connectivity index (χ4n) is 2.26. The minimum absolute atomic E-state index is 0.0502. The third-order valence-corrected chi connectivity index (χ3v) is 4.05. The molecule has 1 saturated heterocycles. The van der Waals surface area contributed by atoms with Crippen LogP contribution in [0.15, 0.2) is 17.5 Å². The van der Waals surface area contributed by atoms with Gasteiger partial charge in [-0.2, -0.15) is 0 Å². The van der Waals surface area contributed by atoms with E-state index in [-0.39, 0.29) is 11.8 Å². The highest BCUT2D eigenvalue weighted by Gasteiger charge is 2.25. The zero-order chi connectivity index (χ0) is 13.8. The molecule has 0 N–H and O–H groups in total. The molecule has 104 valence electrons. The van der Waals surface area contributed by atoms with Gasteiger partial charge in [0.05, 0.1) is 4.88 Å². The Labute approximate surface area is 118 Å². The van der Waals surface area contributed by atoms with Gasteiger partial charge in [-0.3, -0.25) is 9.59 Å². The van der Waals surface area contributed by atoms with Crippen LogP contribution in [0.1, 0.15) is 29.9 Å². The average Bonchev–Trinajstić information content (AvgIpc) is 2.83. The lowest BCUT2D eigenvalue weighted by Gasteiger charge is -2.23. The molecule has 0 bridgehead atoms. The van der Waals surface area contributed by atoms with Crippen LogP contribution in [0.3, 0.4) is 0 Å². The monoisotopic (exact) mass is 280 g/mol. The summed E-state index contributed by atoms with van der Waals surface area (Å²) in [5.74, 6) is 0.674. The highest BCUT2D eigenvalue weighted by Crippen LogP contribution is 2.15. The van der Waals surface area contributed by atoms with Crippen LogP contribution < -0.4 is 0 Å². The first-order chi connectivity index (χ1) is 9.08. The number of nitrogens with zero attached hydrogens (tertiary/aromatic N) is 2. The van der Waals surface area contributed by atoms with Crippen LogP contribution in [0.4, 0.5) is 0 Å². The summed E-state index contributed by atoms with van der Waals surface area (Å²) in [5, 5.41) is 1.90. The molecule has 0 unspecified atom stereocenters. The smallest absolute Gasteiger partial charge is 0.263 e. The van der Waals surface area contributed by atoms with Crippen molar-refractivity contribution in [2.75, 3.05) is 26.2 Å². The molecule has 19 heavy (non-hydrogen) atoms. The molecule has 1 aromatic rings. The number of hydrogen-bond donors (Lipinski definition) is 0. The van der Waals surface area contributed by atoms with E-state index in [9.17, 15) is 9.59 Å². The molecule has 0 spiro atoms. The van der Waals surface area contributed by atoms with Gasteiger partial charge in [-0.25, -0.2) is 0 Å². The van der Waals surface area contributed by atoms with E-state index in [1.807, 2.05) is 22.4 Å². The minimum Gasteiger partial charge on any atom is -0.341 e. The Morgan fingerprint density at radius 2 is 2.16 bits per heavy atom. The molecule has 5 heteroatoms. The SMILES string of the molecule is CC(C)CN1CCN(C(=O)c2cccs2)CCC1=O. The van der Waals surface area contributed by atoms with E-state index in [4.69, 9.17) is 0 Å². The molecule has 2 amide bonds. The largest absolute Gasteiger partial charge is 0.341 e. The number of amides is 2. The molecule has 1 aliphatic rings. The summed E-state index contributed by atoms with van der Waals surface area (Å²) in [6.45, 7) is 6.80. The van der Waals surface area contributed by atoms with Gasteiger partial charge < -0.3 is 9.80 Å². The van der Waals surface area contributed by atoms with Crippen molar-refractivity contribution in [1.82, 2.24) is 9.80 Å². The van der Waals surface area contributed by atoms with Crippen LogP contribution in [0.5, 0.6) is 0 Å². The summed E-state index contributed by atoms with van der Waals surface area (Å²) in [6, 6.07) is 3.72. The predicted octanol–water partition coefficient (Wildman–Crippen LogP) is 2.08. The van der Waals surface area contributed by atoms with Gasteiger partial charge in [0.15, 0.2) is 0 Å². The van der Waals surface area contributed by atoms with E-state index in [1.165, 1.54) is 11.3 Å². The lowest BCUT2D eigenvalue weighted by Crippen LogP contribution is -2.37. The average molecular weight is 280 g/mol. The topological polar surface area (TPSA) is 40.6 Å². The Morgan fingerprint density at radius 1 is 1.37 bits per heavy atom. The quantitative estimate of drug-likeness (QED) is 0.850. The van der Waals surface area contributed by atoms with Gasteiger partial charge in [0, 0.05) is 32.6 Å². The van der Waals surface area contributed by atoms with Crippen LogP contribution in [0.25, 0.3) is 0 Å². The van der Waals surface area contributed by atoms with Crippen molar-refractivity contribution >= 4 is 23.2 Å². The first kappa shape index (κ1) is 14.1. The van der Waals surface area contributed by atoms with Crippen LogP contribution in [0, 0.1) is 5.92 Å². The van der Waals surface area contributed by atoms with Gasteiger partial charge in [-0.1, -0.05) is 19.9 Å². The molecule has 0 atom stereocenters. The highest BCUT2D eigenvalue weighted by molar-refractivity contribution is 7.12. The number of thiophene rings is 1. The second-order valence-corrected chi connectivity index (χ2v) is 6.20. The summed E-state index contributed by atoms with van der Waals surface area (Å²) < 4.78 is 0. The van der Waals surface area contributed by atoms with E-state index in [0.717, 1.165) is 11.4 Å². The molecule has 0 radical (unpaired) electrons. The van der Waals surface area contributed by atoms with Crippen LogP contribution in [-0.2, 0) is 4.79 Å². The molecule has 2 heterocycles. The molecule has 0 aromatic carbocycles. The Bertz CT molecular complexity index is 442. The Morgan fingerprint density at radius 3 is 2.79 bits per heavy atom. The number of hydrogen-bond acceptors (Lipinski definition) is 3. The standard InChI is InChI=1S/C14H20N2O2S/c1-11(2)10-16-8-7-15(6-5-13(16)17)14(18)12-4-3-9-19-12/h3-4,9,11H,5-8,10H2,1-2H3. The Kier molecular flexibility index (Phi) is 4.58. The van der Waals surface area contributed by atoms with E-state index in [2.05, 4.69) is 13.8 Å². The van der Waals surface area contributed by atoms with Crippen molar-refractivity contribution in [3.8, 4) is 0 Å². The van der Waals surface area contributed by atoms with Gasteiger partial charge in [0.25, 0.3) is 5.91 Å². The van der Waals surface area contributed by atoms with E-state index >= 15 is 0 Å². The van der Waals surface area contributed by atoms with Crippen molar-refractivity contribution in [3.05, 3.63) is 22.4 Å². The maximum atomic E-state index is 12.3. The zero-order valence-corrected chi connectivity index (χ0v) is 12.3. The van der Waals surface area contributed by atoms with Crippen molar-refractivity contribution in [2.24, 2.45) is 5.92 Å². The van der Waals surface area contributed by atoms with E-state index in [1.54, 1.807) is 4.90 Å². The number of rotatable bonds is 3. The molecule has 4 nitrogen and oxygen atoms in total. The summed E-state index contributed by atoms with van der Waals surface area (Å²) in [4.78, 5) is 28.7. The lowest BCUT2D eigenvalue weighted by atomic mass is 10.2. The highest BCUT2D eigenvalue weighted by atomic mass is 32.1. The summed E-state index contributed by atoms with van der Waals surface area (Å²) in [5.41, 5.74) is 0. The predicted molar refractivity (Wildman–Crippen MR) is 76.3 cm³/mol. The van der Waals surface area contributed by atoms with Crippen molar-refractivity contribution < 1.29 is 9.59 Å². The van der Waals surface area contributed by atoms with Gasteiger partial charge in [-0.15, -0.1) is 11.3 Å². The van der Waals surface area contributed by atoms with Gasteiger partial charge in [0.2, 0.25) is 5.91 Å². The minimum atomic E-state index is 0.0502. The summed E-state index contributed by atoms with van der Waals surface area (Å²) >= 11 is 1.45. The second-order valence-electron chi connectivity index (χ2n) is 5.25. The van der Waals surface area contributed by atoms with E-state index < -0.39 is 0 Å². The fourth-order valence-corrected chi connectivity index (χ4v) is 2.95. The van der Waals surface area contributed by atoms with Gasteiger partial charge >= 0.3 is 0 Å². The molecule has 1 aliphatic heterocycles. The third-order valence-electron chi connectivity index (χ3n) is 3.19. The Hall–Kier alpha value is -1.36. The summed E-state index contributed by atoms with van der Waals surface area (Å²) in [7, 11) is 0. The van der Waals surface area contributed by atoms with Gasteiger partial charge in [-0.05, 0) is 17.4 Å². The molecule has 0 aliphatic carbocycles. The molecule has 0 saturated carbocycles.